The van der Waals surface area contributed by atoms with Crippen molar-refractivity contribution in [2.45, 2.75) is 0 Å². The Bertz CT molecular complexity index is 3470. The Hall–Kier alpha value is -6.48. The van der Waals surface area contributed by atoms with Gasteiger partial charge in [0.1, 0.15) is 11.2 Å². The Balaban J connectivity index is 1.03. The van der Waals surface area contributed by atoms with E-state index >= 15 is 0 Å². The molecule has 12 rings (SSSR count). The van der Waals surface area contributed by atoms with Crippen LogP contribution in [0.25, 0.3) is 118 Å². The molecule has 0 aliphatic carbocycles. The van der Waals surface area contributed by atoms with E-state index in [9.17, 15) is 0 Å². The van der Waals surface area contributed by atoms with Crippen LogP contribution in [0.5, 0.6) is 0 Å². The average Bonchev–Trinajstić information content (AvgIpc) is 3.77. The Morgan fingerprint density at radius 2 is 0.750 bits per heavy atom. The zero-order chi connectivity index (χ0) is 33.9. The Morgan fingerprint density at radius 3 is 1.48 bits per heavy atom. The molecule has 52 heavy (non-hydrogen) atoms. The number of rotatable bonds is 2. The fourth-order valence-electron chi connectivity index (χ4n) is 8.67. The molecule has 0 N–H and O–H groups in total. The lowest BCUT2D eigenvalue weighted by Gasteiger charge is -2.13. The summed E-state index contributed by atoms with van der Waals surface area (Å²) >= 11 is 1.88. The normalized spacial score (nSPS) is 12.2. The summed E-state index contributed by atoms with van der Waals surface area (Å²) in [4.78, 5) is 0. The van der Waals surface area contributed by atoms with E-state index in [0.717, 1.165) is 21.9 Å². The molecule has 0 fully saturated rings. The van der Waals surface area contributed by atoms with Crippen LogP contribution in [0.3, 0.4) is 0 Å². The lowest BCUT2D eigenvalue weighted by Crippen LogP contribution is -1.85. The fraction of sp³-hybridized carbons (Fsp3) is 0. The zero-order valence-corrected chi connectivity index (χ0v) is 28.8. The van der Waals surface area contributed by atoms with Crippen LogP contribution in [-0.2, 0) is 0 Å². The summed E-state index contributed by atoms with van der Waals surface area (Å²) in [5.74, 6) is 0. The van der Waals surface area contributed by atoms with Crippen molar-refractivity contribution in [3.05, 3.63) is 170 Å². The first-order valence-corrected chi connectivity index (χ1v) is 18.6. The largest absolute Gasteiger partial charge is 0.456 e. The van der Waals surface area contributed by atoms with E-state index in [1.807, 2.05) is 11.3 Å². The first-order chi connectivity index (χ1) is 25.7. The molecule has 0 radical (unpaired) electrons. The maximum atomic E-state index is 6.40. The summed E-state index contributed by atoms with van der Waals surface area (Å²) in [7, 11) is 0. The van der Waals surface area contributed by atoms with E-state index in [2.05, 4.69) is 170 Å². The van der Waals surface area contributed by atoms with Crippen molar-refractivity contribution < 1.29 is 4.42 Å². The third-order valence-electron chi connectivity index (χ3n) is 11.2. The van der Waals surface area contributed by atoms with Crippen molar-refractivity contribution in [2.24, 2.45) is 0 Å². The highest BCUT2D eigenvalue weighted by Gasteiger charge is 2.15. The minimum atomic E-state index is 0.907. The van der Waals surface area contributed by atoms with Crippen LogP contribution in [0.15, 0.2) is 174 Å². The third-order valence-corrected chi connectivity index (χ3v) is 12.4. The molecule has 0 aliphatic heterocycles. The summed E-state index contributed by atoms with van der Waals surface area (Å²) in [5.41, 5.74) is 6.60. The molecule has 1 nitrogen and oxygen atoms in total. The van der Waals surface area contributed by atoms with E-state index in [-0.39, 0.29) is 0 Å². The molecule has 12 aromatic rings. The molecule has 2 aromatic heterocycles. The number of benzene rings is 10. The van der Waals surface area contributed by atoms with Gasteiger partial charge in [0.2, 0.25) is 0 Å². The van der Waals surface area contributed by atoms with Gasteiger partial charge in [0.05, 0.1) is 0 Å². The maximum Gasteiger partial charge on any atom is 0.135 e. The highest BCUT2D eigenvalue weighted by Crippen LogP contribution is 2.43. The van der Waals surface area contributed by atoms with Gasteiger partial charge in [-0.2, -0.15) is 0 Å². The predicted molar refractivity (Wildman–Crippen MR) is 225 cm³/mol. The number of hydrogen-bond donors (Lipinski definition) is 0. The van der Waals surface area contributed by atoms with Crippen molar-refractivity contribution >= 4 is 107 Å². The van der Waals surface area contributed by atoms with E-state index in [0.29, 0.717) is 0 Å². The predicted octanol–water partition coefficient (Wildman–Crippen LogP) is 15.1. The molecule has 240 valence electrons. The second-order valence-electron chi connectivity index (χ2n) is 14.0. The van der Waals surface area contributed by atoms with Gasteiger partial charge in [-0.1, -0.05) is 115 Å². The number of furan rings is 1. The molecule has 0 bridgehead atoms. The van der Waals surface area contributed by atoms with Crippen molar-refractivity contribution in [3.63, 3.8) is 0 Å². The zero-order valence-electron chi connectivity index (χ0n) is 28.0. The van der Waals surface area contributed by atoms with Gasteiger partial charge in [0.25, 0.3) is 0 Å². The Kier molecular flexibility index (Phi) is 5.71. The quantitative estimate of drug-likeness (QED) is 0.166. The van der Waals surface area contributed by atoms with Crippen LogP contribution in [0, 0.1) is 0 Å². The standard InChI is InChI=1S/C50H28OS/c1-2-8-35-29(7-1)13-14-30-15-16-31(23-40(30)35)33-18-21-47-44(25-33)45-26-34(19-22-48(45)51-47)32-17-20-38-41(24-32)36-9-3-4-10-37(36)42-27-46-39-11-5-6-12-49(39)52-50(46)28-43(38)42/h1-28H. The van der Waals surface area contributed by atoms with Gasteiger partial charge in [-0.05, 0) is 131 Å². The van der Waals surface area contributed by atoms with Gasteiger partial charge in [-0.15, -0.1) is 11.3 Å². The maximum absolute atomic E-state index is 6.40. The van der Waals surface area contributed by atoms with Gasteiger partial charge in [-0.3, -0.25) is 0 Å². The van der Waals surface area contributed by atoms with Gasteiger partial charge < -0.3 is 4.42 Å². The van der Waals surface area contributed by atoms with Crippen molar-refractivity contribution in [1.29, 1.82) is 0 Å². The van der Waals surface area contributed by atoms with E-state index in [1.165, 1.54) is 96.3 Å². The number of fused-ring (bicyclic) bond motifs is 15. The number of thiophene rings is 1. The molecule has 0 saturated carbocycles. The molecular weight excluding hydrogens is 649 g/mol. The molecule has 0 atom stereocenters. The summed E-state index contributed by atoms with van der Waals surface area (Å²) < 4.78 is 9.07. The SMILES string of the molecule is c1ccc2c(c1)ccc1ccc(-c3ccc4oc5ccc(-c6ccc7c(c6)c6ccccc6c6cc8c(cc76)sc6ccccc68)cc5c4c3)cc12. The molecular formula is C50H28OS. The van der Waals surface area contributed by atoms with Gasteiger partial charge in [0, 0.05) is 30.9 Å². The van der Waals surface area contributed by atoms with Gasteiger partial charge >= 0.3 is 0 Å². The van der Waals surface area contributed by atoms with Gasteiger partial charge in [0.15, 0.2) is 0 Å². The molecule has 0 unspecified atom stereocenters. The minimum Gasteiger partial charge on any atom is -0.456 e. The summed E-state index contributed by atoms with van der Waals surface area (Å²) in [6, 6.07) is 62.6. The second kappa shape index (κ2) is 10.5. The van der Waals surface area contributed by atoms with Crippen LogP contribution in [0.4, 0.5) is 0 Å². The molecule has 2 heteroatoms. The monoisotopic (exact) mass is 676 g/mol. The van der Waals surface area contributed by atoms with Crippen LogP contribution in [-0.4, -0.2) is 0 Å². The smallest absolute Gasteiger partial charge is 0.135 e. The van der Waals surface area contributed by atoms with E-state index in [4.69, 9.17) is 4.42 Å². The second-order valence-corrected chi connectivity index (χ2v) is 15.1. The van der Waals surface area contributed by atoms with Crippen molar-refractivity contribution in [1.82, 2.24) is 0 Å². The summed E-state index contributed by atoms with van der Waals surface area (Å²) in [6.07, 6.45) is 0. The molecule has 0 spiro atoms. The van der Waals surface area contributed by atoms with Crippen LogP contribution in [0.2, 0.25) is 0 Å². The Morgan fingerprint density at radius 1 is 0.269 bits per heavy atom. The first kappa shape index (κ1) is 28.2. The molecule has 0 amide bonds. The summed E-state index contributed by atoms with van der Waals surface area (Å²) in [6.45, 7) is 0. The van der Waals surface area contributed by atoms with Gasteiger partial charge in [-0.25, -0.2) is 0 Å². The lowest BCUT2D eigenvalue weighted by atomic mass is 9.91. The number of hydrogen-bond acceptors (Lipinski definition) is 2. The van der Waals surface area contributed by atoms with Crippen molar-refractivity contribution in [2.75, 3.05) is 0 Å². The topological polar surface area (TPSA) is 13.1 Å². The highest BCUT2D eigenvalue weighted by molar-refractivity contribution is 7.25. The minimum absolute atomic E-state index is 0.907. The molecule has 0 aliphatic rings. The fourth-order valence-corrected chi connectivity index (χ4v) is 9.80. The Labute approximate surface area is 302 Å². The van der Waals surface area contributed by atoms with E-state index in [1.54, 1.807) is 0 Å². The third kappa shape index (κ3) is 4.04. The molecule has 2 heterocycles. The average molecular weight is 677 g/mol. The van der Waals surface area contributed by atoms with Crippen molar-refractivity contribution in [3.8, 4) is 22.3 Å². The molecule has 0 saturated heterocycles. The van der Waals surface area contributed by atoms with Crippen LogP contribution >= 0.6 is 11.3 Å². The van der Waals surface area contributed by atoms with E-state index < -0.39 is 0 Å². The highest BCUT2D eigenvalue weighted by atomic mass is 32.1. The van der Waals surface area contributed by atoms with Crippen LogP contribution in [0.1, 0.15) is 0 Å². The summed E-state index contributed by atoms with van der Waals surface area (Å²) in [5, 5.41) is 17.8. The lowest BCUT2D eigenvalue weighted by molar-refractivity contribution is 0.669. The first-order valence-electron chi connectivity index (χ1n) is 17.8. The molecule has 10 aromatic carbocycles. The van der Waals surface area contributed by atoms with Crippen LogP contribution < -0.4 is 0 Å².